The Bertz CT molecular complexity index is 1430. The number of hydrogen-bond donors (Lipinski definition) is 1. The van der Waals surface area contributed by atoms with Gasteiger partial charge in [-0.3, -0.25) is 9.59 Å². The Morgan fingerprint density at radius 1 is 1.13 bits per heavy atom. The topological polar surface area (TPSA) is 89.3 Å². The smallest absolute Gasteiger partial charge is 0.273 e. The van der Waals surface area contributed by atoms with Gasteiger partial charge in [-0.05, 0) is 47.4 Å². The molecule has 2 unspecified atom stereocenters. The van der Waals surface area contributed by atoms with Gasteiger partial charge in [-0.15, -0.1) is 11.8 Å². The van der Waals surface area contributed by atoms with E-state index in [4.69, 9.17) is 4.98 Å². The molecule has 2 aliphatic heterocycles. The largest absolute Gasteiger partial charge is 0.356 e. The molecule has 1 N–H and O–H groups in total. The Hall–Kier alpha value is -3.78. The van der Waals surface area contributed by atoms with Crippen LogP contribution in [0, 0.1) is 11.3 Å². The molecule has 3 aromatic rings. The van der Waals surface area contributed by atoms with Gasteiger partial charge in [-0.25, -0.2) is 18.2 Å². The lowest BCUT2D eigenvalue weighted by molar-refractivity contribution is -0.129. The molecule has 0 saturated carbocycles. The molecule has 38 heavy (non-hydrogen) atoms. The molecule has 1 aromatic heterocycles. The Labute approximate surface area is 221 Å². The van der Waals surface area contributed by atoms with E-state index in [0.717, 1.165) is 19.5 Å². The van der Waals surface area contributed by atoms with Crippen molar-refractivity contribution in [3.8, 4) is 17.2 Å². The van der Waals surface area contributed by atoms with Gasteiger partial charge in [-0.1, -0.05) is 24.3 Å². The lowest BCUT2D eigenvalue weighted by Crippen LogP contribution is -2.42. The number of carbonyl (C=O) groups excluding carboxylic acids is 2. The summed E-state index contributed by atoms with van der Waals surface area (Å²) in [6.07, 6.45) is -4.51. The molecule has 2 aromatic carbocycles. The molecule has 0 aliphatic carbocycles. The number of pyridine rings is 1. The van der Waals surface area contributed by atoms with Crippen molar-refractivity contribution in [1.29, 1.82) is 5.26 Å². The number of nitrogens with zero attached hydrogens (tertiary/aromatic N) is 4. The standard InChI is InChI=1S/C27H24F3N5O2S/c28-25(26(29)30)18-4-1-3-16(9-18)17-5-6-22-20(10-17)21(11-23(33-22)34-7-2-8-34)27(37)32-13-24(36)35-15-38-14-19(35)12-31/h1,3-6,9-11,19,25-26H,2,7-8,13-15H2,(H,32,37). The van der Waals surface area contributed by atoms with Crippen LogP contribution < -0.4 is 10.2 Å². The molecule has 0 spiro atoms. The summed E-state index contributed by atoms with van der Waals surface area (Å²) in [7, 11) is 0. The Balaban J connectivity index is 1.47. The van der Waals surface area contributed by atoms with Crippen LogP contribution in [0.15, 0.2) is 48.5 Å². The third kappa shape index (κ3) is 5.13. The zero-order chi connectivity index (χ0) is 26.8. The van der Waals surface area contributed by atoms with Gasteiger partial charge in [0, 0.05) is 24.2 Å². The number of rotatable bonds is 7. The van der Waals surface area contributed by atoms with E-state index in [1.165, 1.54) is 34.9 Å². The monoisotopic (exact) mass is 539 g/mol. The van der Waals surface area contributed by atoms with Gasteiger partial charge in [0.1, 0.15) is 11.9 Å². The SMILES string of the molecule is N#CC1CSCN1C(=O)CNC(=O)c1cc(N2CCC2)nc2ccc(-c3cccc(C(F)C(F)F)c3)cc12. The number of nitrogens with one attached hydrogen (secondary N) is 1. The first kappa shape index (κ1) is 25.9. The van der Waals surface area contributed by atoms with E-state index in [0.29, 0.717) is 45.0 Å². The van der Waals surface area contributed by atoms with Crippen molar-refractivity contribution in [1.82, 2.24) is 15.2 Å². The van der Waals surface area contributed by atoms with Crippen molar-refractivity contribution in [3.05, 3.63) is 59.7 Å². The summed E-state index contributed by atoms with van der Waals surface area (Å²) in [6.45, 7) is 1.38. The van der Waals surface area contributed by atoms with Crippen molar-refractivity contribution in [3.63, 3.8) is 0 Å². The average Bonchev–Trinajstić information content (AvgIpc) is 3.38. The molecule has 2 fully saturated rings. The minimum Gasteiger partial charge on any atom is -0.356 e. The zero-order valence-electron chi connectivity index (χ0n) is 20.2. The normalized spacial score (nSPS) is 17.8. The molecule has 0 bridgehead atoms. The third-order valence-corrected chi connectivity index (χ3v) is 7.74. The quantitative estimate of drug-likeness (QED) is 0.474. The molecular formula is C27H24F3N5O2S. The Morgan fingerprint density at radius 2 is 1.92 bits per heavy atom. The number of amides is 2. The van der Waals surface area contributed by atoms with Crippen LogP contribution in [0.5, 0.6) is 0 Å². The highest BCUT2D eigenvalue weighted by molar-refractivity contribution is 7.99. The van der Waals surface area contributed by atoms with Crippen molar-refractivity contribution in [2.75, 3.05) is 36.2 Å². The Kier molecular flexibility index (Phi) is 7.42. The number of alkyl halides is 3. The highest BCUT2D eigenvalue weighted by atomic mass is 32.2. The maximum absolute atomic E-state index is 14.0. The highest BCUT2D eigenvalue weighted by Crippen LogP contribution is 2.32. The second-order valence-corrected chi connectivity index (χ2v) is 10.2. The second-order valence-electron chi connectivity index (χ2n) is 9.15. The van der Waals surface area contributed by atoms with Gasteiger partial charge in [0.15, 0.2) is 6.17 Å². The van der Waals surface area contributed by atoms with E-state index in [1.807, 2.05) is 4.90 Å². The Morgan fingerprint density at radius 3 is 2.63 bits per heavy atom. The van der Waals surface area contributed by atoms with Crippen LogP contribution in [0.2, 0.25) is 0 Å². The fourth-order valence-corrected chi connectivity index (χ4v) is 5.57. The van der Waals surface area contributed by atoms with Crippen LogP contribution in [0.1, 0.15) is 28.5 Å². The molecule has 3 heterocycles. The summed E-state index contributed by atoms with van der Waals surface area (Å²) in [6, 6.07) is 14.4. The van der Waals surface area contributed by atoms with Crippen LogP contribution in [0.3, 0.4) is 0 Å². The van der Waals surface area contributed by atoms with Gasteiger partial charge in [-0.2, -0.15) is 5.26 Å². The van der Waals surface area contributed by atoms with Gasteiger partial charge < -0.3 is 15.1 Å². The van der Waals surface area contributed by atoms with Gasteiger partial charge in [0.25, 0.3) is 12.3 Å². The van der Waals surface area contributed by atoms with Crippen molar-refractivity contribution in [2.45, 2.75) is 25.1 Å². The van der Waals surface area contributed by atoms with E-state index >= 15 is 0 Å². The van der Waals surface area contributed by atoms with Crippen LogP contribution in [-0.4, -0.2) is 65.4 Å². The zero-order valence-corrected chi connectivity index (χ0v) is 21.1. The minimum atomic E-state index is -3.13. The van der Waals surface area contributed by atoms with Crippen LogP contribution in [-0.2, 0) is 4.79 Å². The number of aromatic nitrogens is 1. The second kappa shape index (κ2) is 10.9. The van der Waals surface area contributed by atoms with Crippen molar-refractivity contribution < 1.29 is 22.8 Å². The lowest BCUT2D eigenvalue weighted by Gasteiger charge is -2.32. The number of halogens is 3. The number of fused-ring (bicyclic) bond motifs is 1. The number of benzene rings is 2. The molecule has 2 aliphatic rings. The number of carbonyl (C=O) groups is 2. The maximum atomic E-state index is 14.0. The fraction of sp³-hybridized carbons (Fsp3) is 0.333. The highest BCUT2D eigenvalue weighted by Gasteiger charge is 2.29. The predicted octanol–water partition coefficient (Wildman–Crippen LogP) is 4.54. The van der Waals surface area contributed by atoms with Gasteiger partial charge in [0.05, 0.1) is 29.6 Å². The fourth-order valence-electron chi connectivity index (χ4n) is 4.47. The number of thioether (sulfide) groups is 1. The summed E-state index contributed by atoms with van der Waals surface area (Å²) in [5, 5.41) is 12.4. The van der Waals surface area contributed by atoms with Crippen molar-refractivity contribution in [2.24, 2.45) is 0 Å². The van der Waals surface area contributed by atoms with Crippen LogP contribution in [0.25, 0.3) is 22.0 Å². The molecule has 0 radical (unpaired) electrons. The summed E-state index contributed by atoms with van der Waals surface area (Å²) in [5.41, 5.74) is 1.87. The van der Waals surface area contributed by atoms with Gasteiger partial charge in [0.2, 0.25) is 5.91 Å². The van der Waals surface area contributed by atoms with E-state index in [9.17, 15) is 28.0 Å². The first-order chi connectivity index (χ1) is 18.4. The molecule has 2 atom stereocenters. The predicted molar refractivity (Wildman–Crippen MR) is 140 cm³/mol. The minimum absolute atomic E-state index is 0.129. The summed E-state index contributed by atoms with van der Waals surface area (Å²) < 4.78 is 39.8. The molecule has 196 valence electrons. The molecule has 2 amide bonds. The first-order valence-electron chi connectivity index (χ1n) is 12.1. The third-order valence-electron chi connectivity index (χ3n) is 6.73. The van der Waals surface area contributed by atoms with E-state index in [-0.39, 0.29) is 18.0 Å². The average molecular weight is 540 g/mol. The molecule has 2 saturated heterocycles. The van der Waals surface area contributed by atoms with Gasteiger partial charge >= 0.3 is 0 Å². The van der Waals surface area contributed by atoms with E-state index in [1.54, 1.807) is 30.3 Å². The lowest BCUT2D eigenvalue weighted by atomic mass is 9.98. The van der Waals surface area contributed by atoms with Crippen molar-refractivity contribution >= 4 is 40.3 Å². The van der Waals surface area contributed by atoms with Crippen LogP contribution in [0.4, 0.5) is 19.0 Å². The summed E-state index contributed by atoms with van der Waals surface area (Å²) >= 11 is 1.48. The van der Waals surface area contributed by atoms with E-state index in [2.05, 4.69) is 11.4 Å². The summed E-state index contributed by atoms with van der Waals surface area (Å²) in [5.74, 6) is 0.772. The number of hydrogen-bond acceptors (Lipinski definition) is 6. The maximum Gasteiger partial charge on any atom is 0.273 e. The first-order valence-corrected chi connectivity index (χ1v) is 13.3. The number of anilines is 1. The number of nitriles is 1. The molecule has 11 heteroatoms. The van der Waals surface area contributed by atoms with Crippen LogP contribution >= 0.6 is 11.8 Å². The molecule has 7 nitrogen and oxygen atoms in total. The molecule has 5 rings (SSSR count). The summed E-state index contributed by atoms with van der Waals surface area (Å²) in [4.78, 5) is 34.2. The molecular weight excluding hydrogens is 515 g/mol. The van der Waals surface area contributed by atoms with E-state index < -0.39 is 24.5 Å².